The molecule has 0 saturated heterocycles. The van der Waals surface area contributed by atoms with E-state index in [1.165, 1.54) is 19.1 Å². The molecule has 1 atom stereocenters. The van der Waals surface area contributed by atoms with Crippen LogP contribution in [0.25, 0.3) is 0 Å². The molecule has 0 heterocycles. The lowest BCUT2D eigenvalue weighted by molar-refractivity contribution is -0.144. The van der Waals surface area contributed by atoms with E-state index in [4.69, 9.17) is 0 Å². The van der Waals surface area contributed by atoms with Crippen LogP contribution < -0.4 is 5.32 Å². The summed E-state index contributed by atoms with van der Waals surface area (Å²) in [6, 6.07) is 5.93. The summed E-state index contributed by atoms with van der Waals surface area (Å²) in [5.41, 5.74) is -1.27. The highest BCUT2D eigenvalue weighted by atomic mass is 19.1. The molecule has 1 unspecified atom stereocenters. The maximum absolute atomic E-state index is 13.7. The molecule has 18 heavy (non-hydrogen) atoms. The van der Waals surface area contributed by atoms with Gasteiger partial charge in [-0.25, -0.2) is 9.18 Å². The van der Waals surface area contributed by atoms with Gasteiger partial charge in [0, 0.05) is 18.7 Å². The van der Waals surface area contributed by atoms with Gasteiger partial charge in [0.25, 0.3) is 0 Å². The van der Waals surface area contributed by atoms with Gasteiger partial charge in [0.2, 0.25) is 0 Å². The number of halogens is 1. The molecule has 0 fully saturated rings. The minimum absolute atomic E-state index is 0.149. The number of benzene rings is 1. The second kappa shape index (κ2) is 5.93. The van der Waals surface area contributed by atoms with E-state index < -0.39 is 17.3 Å². The van der Waals surface area contributed by atoms with Gasteiger partial charge < -0.3 is 10.0 Å². The molecule has 1 rings (SSSR count). The molecular weight excluding hydrogens is 235 g/mol. The van der Waals surface area contributed by atoms with E-state index in [2.05, 4.69) is 5.32 Å². The third kappa shape index (κ3) is 3.27. The fraction of sp³-hybridized carbons (Fsp3) is 0.462. The van der Waals surface area contributed by atoms with E-state index in [1.54, 1.807) is 12.1 Å². The topological polar surface area (TPSA) is 52.6 Å². The summed E-state index contributed by atoms with van der Waals surface area (Å²) in [6.07, 6.45) is 0. The Morgan fingerprint density at radius 3 is 2.56 bits per heavy atom. The van der Waals surface area contributed by atoms with Gasteiger partial charge in [-0.15, -0.1) is 0 Å². The summed E-state index contributed by atoms with van der Waals surface area (Å²) in [4.78, 5) is 13.3. The van der Waals surface area contributed by atoms with Crippen LogP contribution in [0.15, 0.2) is 24.3 Å². The number of hydrogen-bond acceptors (Lipinski definition) is 3. The fourth-order valence-electron chi connectivity index (χ4n) is 1.68. The number of nitrogens with zero attached hydrogens (tertiary/aromatic N) is 1. The number of carboxylic acid groups (broad SMARTS) is 1. The Kier molecular flexibility index (Phi) is 4.81. The minimum Gasteiger partial charge on any atom is -0.480 e. The van der Waals surface area contributed by atoms with Crippen LogP contribution >= 0.6 is 0 Å². The van der Waals surface area contributed by atoms with Crippen molar-refractivity contribution >= 4 is 5.97 Å². The molecule has 2 N–H and O–H groups in total. The van der Waals surface area contributed by atoms with Crippen molar-refractivity contribution in [2.24, 2.45) is 0 Å². The summed E-state index contributed by atoms with van der Waals surface area (Å²) in [7, 11) is 3.78. The third-order valence-corrected chi connectivity index (χ3v) is 2.88. The van der Waals surface area contributed by atoms with Crippen molar-refractivity contribution in [3.63, 3.8) is 0 Å². The summed E-state index contributed by atoms with van der Waals surface area (Å²) in [5.74, 6) is -1.61. The van der Waals surface area contributed by atoms with Gasteiger partial charge in [0.1, 0.15) is 11.4 Å². The predicted molar refractivity (Wildman–Crippen MR) is 67.9 cm³/mol. The van der Waals surface area contributed by atoms with Crippen LogP contribution in [0.2, 0.25) is 0 Å². The lowest BCUT2D eigenvalue weighted by Gasteiger charge is -2.28. The Morgan fingerprint density at radius 2 is 2.06 bits per heavy atom. The van der Waals surface area contributed by atoms with Crippen molar-refractivity contribution in [1.82, 2.24) is 10.2 Å². The van der Waals surface area contributed by atoms with Gasteiger partial charge >= 0.3 is 5.97 Å². The Morgan fingerprint density at radius 1 is 1.44 bits per heavy atom. The first-order valence-corrected chi connectivity index (χ1v) is 5.76. The van der Waals surface area contributed by atoms with Crippen molar-refractivity contribution in [2.75, 3.05) is 27.2 Å². The summed E-state index contributed by atoms with van der Waals surface area (Å²) >= 11 is 0. The summed E-state index contributed by atoms with van der Waals surface area (Å²) in [5, 5.41) is 12.2. The van der Waals surface area contributed by atoms with Crippen LogP contribution in [0.5, 0.6) is 0 Å². The zero-order valence-corrected chi connectivity index (χ0v) is 10.9. The molecule has 100 valence electrons. The molecule has 0 saturated carbocycles. The zero-order chi connectivity index (χ0) is 13.8. The molecule has 0 bridgehead atoms. The predicted octanol–water partition coefficient (Wildman–Crippen LogP) is 1.28. The Labute approximate surface area is 106 Å². The van der Waals surface area contributed by atoms with Gasteiger partial charge in [0.15, 0.2) is 0 Å². The van der Waals surface area contributed by atoms with Gasteiger partial charge in [-0.2, -0.15) is 0 Å². The van der Waals surface area contributed by atoms with Gasteiger partial charge in [0.05, 0.1) is 0 Å². The highest BCUT2D eigenvalue weighted by Crippen LogP contribution is 2.23. The molecule has 0 aliphatic rings. The first-order valence-electron chi connectivity index (χ1n) is 5.76. The molecule has 0 spiro atoms. The van der Waals surface area contributed by atoms with Crippen LogP contribution in [-0.4, -0.2) is 43.2 Å². The van der Waals surface area contributed by atoms with Crippen LogP contribution in [-0.2, 0) is 10.3 Å². The van der Waals surface area contributed by atoms with Crippen molar-refractivity contribution in [2.45, 2.75) is 12.5 Å². The average Bonchev–Trinajstić information content (AvgIpc) is 2.28. The Balaban J connectivity index is 2.94. The largest absolute Gasteiger partial charge is 0.480 e. The Bertz CT molecular complexity index is 423. The number of hydrogen-bond donors (Lipinski definition) is 2. The highest BCUT2D eigenvalue weighted by molar-refractivity contribution is 5.80. The van der Waals surface area contributed by atoms with Gasteiger partial charge in [-0.1, -0.05) is 18.2 Å². The second-order valence-electron chi connectivity index (χ2n) is 4.64. The molecule has 0 radical (unpaired) electrons. The zero-order valence-electron chi connectivity index (χ0n) is 10.9. The molecule has 0 amide bonds. The quantitative estimate of drug-likeness (QED) is 0.803. The molecule has 4 nitrogen and oxygen atoms in total. The van der Waals surface area contributed by atoms with E-state index in [0.717, 1.165) is 0 Å². The van der Waals surface area contributed by atoms with E-state index >= 15 is 0 Å². The Hall–Kier alpha value is -1.46. The van der Waals surface area contributed by atoms with E-state index in [9.17, 15) is 14.3 Å². The molecule has 1 aromatic rings. The van der Waals surface area contributed by atoms with Crippen molar-refractivity contribution in [3.05, 3.63) is 35.6 Å². The van der Waals surface area contributed by atoms with E-state index in [-0.39, 0.29) is 5.56 Å². The maximum atomic E-state index is 13.7. The number of likely N-dealkylation sites (N-methyl/N-ethyl adjacent to an activating group) is 1. The average molecular weight is 254 g/mol. The van der Waals surface area contributed by atoms with Crippen molar-refractivity contribution < 1.29 is 14.3 Å². The van der Waals surface area contributed by atoms with Crippen LogP contribution in [0, 0.1) is 5.82 Å². The lowest BCUT2D eigenvalue weighted by Crippen LogP contribution is -2.49. The van der Waals surface area contributed by atoms with E-state index in [1.807, 2.05) is 19.0 Å². The standard InChI is InChI=1S/C13H19FN2O2/c1-13(12(17)18,15-8-9-16(2)3)10-6-4-5-7-11(10)14/h4-7,15H,8-9H2,1-3H3,(H,17,18). The van der Waals surface area contributed by atoms with Gasteiger partial charge in [-0.05, 0) is 27.1 Å². The molecular formula is C13H19FN2O2. The third-order valence-electron chi connectivity index (χ3n) is 2.88. The number of aliphatic carboxylic acids is 1. The number of carboxylic acids is 1. The second-order valence-corrected chi connectivity index (χ2v) is 4.64. The lowest BCUT2D eigenvalue weighted by atomic mass is 9.91. The molecule has 0 aromatic heterocycles. The molecule has 0 aliphatic carbocycles. The van der Waals surface area contributed by atoms with E-state index in [0.29, 0.717) is 13.1 Å². The molecule has 5 heteroatoms. The smallest absolute Gasteiger partial charge is 0.328 e. The number of rotatable bonds is 6. The van der Waals surface area contributed by atoms with Crippen LogP contribution in [0.4, 0.5) is 4.39 Å². The normalized spacial score (nSPS) is 14.5. The monoisotopic (exact) mass is 254 g/mol. The van der Waals surface area contributed by atoms with Crippen LogP contribution in [0.3, 0.4) is 0 Å². The number of carbonyl (C=O) groups is 1. The number of nitrogens with one attached hydrogen (secondary N) is 1. The minimum atomic E-state index is -1.42. The SMILES string of the molecule is CN(C)CCNC(C)(C(=O)O)c1ccccc1F. The van der Waals surface area contributed by atoms with Crippen molar-refractivity contribution in [1.29, 1.82) is 0 Å². The molecule has 0 aliphatic heterocycles. The molecule has 1 aromatic carbocycles. The van der Waals surface area contributed by atoms with Crippen LogP contribution in [0.1, 0.15) is 12.5 Å². The fourth-order valence-corrected chi connectivity index (χ4v) is 1.68. The first-order chi connectivity index (χ1) is 8.38. The first kappa shape index (κ1) is 14.6. The highest BCUT2D eigenvalue weighted by Gasteiger charge is 2.36. The summed E-state index contributed by atoms with van der Waals surface area (Å²) < 4.78 is 13.7. The van der Waals surface area contributed by atoms with Gasteiger partial charge in [-0.3, -0.25) is 5.32 Å². The van der Waals surface area contributed by atoms with Crippen molar-refractivity contribution in [3.8, 4) is 0 Å². The maximum Gasteiger partial charge on any atom is 0.328 e. The summed E-state index contributed by atoms with van der Waals surface area (Å²) in [6.45, 7) is 2.62.